The van der Waals surface area contributed by atoms with Crippen LogP contribution in [0.4, 0.5) is 0 Å². The Morgan fingerprint density at radius 3 is 2.02 bits per heavy atom. The summed E-state index contributed by atoms with van der Waals surface area (Å²) >= 11 is 0. The number of ether oxygens (including phenoxy) is 4. The molecule has 0 aliphatic carbocycles. The van der Waals surface area contributed by atoms with Gasteiger partial charge in [0.05, 0.1) is 32.0 Å². The van der Waals surface area contributed by atoms with E-state index in [2.05, 4.69) is 16.0 Å². The van der Waals surface area contributed by atoms with E-state index in [0.717, 1.165) is 20.8 Å². The number of aliphatic hydroxyl groups excluding tert-OH is 6. The van der Waals surface area contributed by atoms with Crippen LogP contribution in [0.1, 0.15) is 27.2 Å². The van der Waals surface area contributed by atoms with Crippen LogP contribution in [0.5, 0.6) is 0 Å². The first-order valence-corrected chi connectivity index (χ1v) is 13.3. The number of nitrogens with one attached hydrogen (secondary N) is 3. The van der Waals surface area contributed by atoms with Gasteiger partial charge in [-0.3, -0.25) is 14.4 Å². The first kappa shape index (κ1) is 37.1. The number of carboxylic acids is 2. The van der Waals surface area contributed by atoms with Gasteiger partial charge in [-0.1, -0.05) is 0 Å². The first-order chi connectivity index (χ1) is 20.4. The zero-order valence-electron chi connectivity index (χ0n) is 23.9. The molecule has 11 N–H and O–H groups in total. The maximum atomic E-state index is 12.4. The van der Waals surface area contributed by atoms with Crippen molar-refractivity contribution >= 4 is 29.7 Å². The normalized spacial score (nSPS) is 34.2. The molecule has 2 aliphatic heterocycles. The lowest BCUT2D eigenvalue weighted by Crippen LogP contribution is -2.69. The molecular weight excluding hydrogens is 602 g/mol. The highest BCUT2D eigenvalue weighted by Gasteiger charge is 2.57. The Kier molecular flexibility index (Phi) is 13.3. The van der Waals surface area contributed by atoms with Crippen LogP contribution in [0.3, 0.4) is 0 Å². The molecule has 0 saturated carbocycles. The van der Waals surface area contributed by atoms with E-state index in [1.54, 1.807) is 0 Å². The van der Waals surface area contributed by atoms with E-state index in [1.165, 1.54) is 0 Å². The highest BCUT2D eigenvalue weighted by Crippen LogP contribution is 2.34. The summed E-state index contributed by atoms with van der Waals surface area (Å²) < 4.78 is 22.0. The minimum atomic E-state index is -2.81. The van der Waals surface area contributed by atoms with Gasteiger partial charge in [0, 0.05) is 27.2 Å². The number of rotatable bonds is 14. The molecule has 252 valence electrons. The second-order valence-electron chi connectivity index (χ2n) is 10.4. The monoisotopic (exact) mass is 641 g/mol. The summed E-state index contributed by atoms with van der Waals surface area (Å²) in [5.41, 5.74) is 0. The molecular formula is C24H39N3O17. The lowest BCUT2D eigenvalue weighted by molar-refractivity contribution is -0.330. The van der Waals surface area contributed by atoms with Gasteiger partial charge >= 0.3 is 11.9 Å². The average molecular weight is 642 g/mol. The van der Waals surface area contributed by atoms with E-state index in [4.69, 9.17) is 18.9 Å². The number of carbonyl (C=O) groups is 5. The fraction of sp³-hybridized carbons (Fsp3) is 0.792. The van der Waals surface area contributed by atoms with E-state index in [-0.39, 0.29) is 0 Å². The van der Waals surface area contributed by atoms with E-state index in [9.17, 15) is 64.8 Å². The first-order valence-electron chi connectivity index (χ1n) is 13.3. The molecule has 2 heterocycles. The summed E-state index contributed by atoms with van der Waals surface area (Å²) in [6.45, 7) is 0.509. The number of carbonyl (C=O) groups excluding carboxylic acids is 3. The summed E-state index contributed by atoms with van der Waals surface area (Å²) in [7, 11) is 0. The molecule has 2 rings (SSSR count). The standard InChI is InChI=1S/C24H39N3O17/c1-8(29)25-11(21(37)38)6-41-22-16(27-10(3)31)19(36)18(35)14(43-22)7-42-24(23(39)40)4-12(32)15(26-9(2)30)20(44-24)17(34)13(33)5-28/h11-20,22,28,32-36H,4-7H2,1-3H3,(H,25,29)(H,26,30)(H,27,31)(H,37,38)(H,39,40)/t11-,12-,13+,14+,15-,16-,17+,18-,19+,20+,22+,24+/m0/s1. The van der Waals surface area contributed by atoms with Crippen LogP contribution in [0, 0.1) is 0 Å². The van der Waals surface area contributed by atoms with Crippen molar-refractivity contribution in [3.8, 4) is 0 Å². The molecule has 20 heteroatoms. The predicted octanol–water partition coefficient (Wildman–Crippen LogP) is -6.29. The summed E-state index contributed by atoms with van der Waals surface area (Å²) in [4.78, 5) is 58.7. The number of carboxylic acid groups (broad SMARTS) is 2. The predicted molar refractivity (Wildman–Crippen MR) is 138 cm³/mol. The summed E-state index contributed by atoms with van der Waals surface area (Å²) in [6, 6.07) is -4.54. The van der Waals surface area contributed by atoms with Crippen LogP contribution in [-0.2, 0) is 42.9 Å². The van der Waals surface area contributed by atoms with E-state index in [1.807, 2.05) is 0 Å². The third-order valence-electron chi connectivity index (χ3n) is 6.84. The Hall–Kier alpha value is -3.05. The molecule has 2 fully saturated rings. The Morgan fingerprint density at radius 2 is 1.52 bits per heavy atom. The van der Waals surface area contributed by atoms with Crippen LogP contribution in [-0.4, -0.2) is 163 Å². The molecule has 0 aromatic heterocycles. The number of aliphatic hydroxyl groups is 6. The van der Waals surface area contributed by atoms with Gasteiger partial charge in [0.15, 0.2) is 12.3 Å². The fourth-order valence-electron chi connectivity index (χ4n) is 4.70. The van der Waals surface area contributed by atoms with E-state index < -0.39 is 129 Å². The smallest absolute Gasteiger partial charge is 0.364 e. The second-order valence-corrected chi connectivity index (χ2v) is 10.4. The number of amides is 3. The lowest BCUT2D eigenvalue weighted by Gasteiger charge is -2.47. The van der Waals surface area contributed by atoms with Crippen molar-refractivity contribution in [2.45, 2.75) is 100 Å². The quantitative estimate of drug-likeness (QED) is 0.0840. The van der Waals surface area contributed by atoms with Crippen LogP contribution < -0.4 is 16.0 Å². The van der Waals surface area contributed by atoms with Gasteiger partial charge in [-0.15, -0.1) is 0 Å². The third-order valence-corrected chi connectivity index (χ3v) is 6.84. The third kappa shape index (κ3) is 9.23. The van der Waals surface area contributed by atoms with Gasteiger partial charge in [0.1, 0.15) is 42.7 Å². The summed E-state index contributed by atoms with van der Waals surface area (Å²) in [5, 5.41) is 88.0. The molecule has 12 atom stereocenters. The molecule has 44 heavy (non-hydrogen) atoms. The van der Waals surface area contributed by atoms with Crippen LogP contribution in [0.15, 0.2) is 0 Å². The second kappa shape index (κ2) is 15.8. The van der Waals surface area contributed by atoms with Gasteiger partial charge in [-0.05, 0) is 0 Å². The zero-order valence-corrected chi connectivity index (χ0v) is 23.9. The topological polar surface area (TPSA) is 320 Å². The molecule has 0 aromatic carbocycles. The van der Waals surface area contributed by atoms with Gasteiger partial charge in [-0.25, -0.2) is 9.59 Å². The molecule has 0 spiro atoms. The molecule has 20 nitrogen and oxygen atoms in total. The van der Waals surface area contributed by atoms with Crippen molar-refractivity contribution in [3.05, 3.63) is 0 Å². The molecule has 0 radical (unpaired) electrons. The Labute approximate surface area is 249 Å². The SMILES string of the molecule is CC(=O)N[C@@H]1[C@H](OC[C@H](NC(C)=O)C(=O)O)O[C@H](CO[C@]2(C(=O)O)C[C@H](O)[C@H](NC(C)=O)[C@H]([C@H](O)[C@H](O)CO)O2)[C@H](O)[C@@H]1O. The molecule has 0 unspecified atom stereocenters. The molecule has 0 aromatic rings. The van der Waals surface area contributed by atoms with Crippen LogP contribution in [0.25, 0.3) is 0 Å². The van der Waals surface area contributed by atoms with Crippen LogP contribution >= 0.6 is 0 Å². The van der Waals surface area contributed by atoms with Gasteiger partial charge in [0.25, 0.3) is 5.79 Å². The molecule has 3 amide bonds. The zero-order chi connectivity index (χ0) is 33.5. The van der Waals surface area contributed by atoms with Gasteiger partial charge in [-0.2, -0.15) is 0 Å². The molecule has 2 aliphatic rings. The van der Waals surface area contributed by atoms with Gasteiger partial charge in [0.2, 0.25) is 17.7 Å². The number of hydrogen-bond donors (Lipinski definition) is 11. The highest BCUT2D eigenvalue weighted by molar-refractivity contribution is 5.82. The van der Waals surface area contributed by atoms with Crippen molar-refractivity contribution in [2.24, 2.45) is 0 Å². The molecule has 0 bridgehead atoms. The van der Waals surface area contributed by atoms with Crippen molar-refractivity contribution in [3.63, 3.8) is 0 Å². The van der Waals surface area contributed by atoms with Crippen molar-refractivity contribution < 1.29 is 83.8 Å². The minimum Gasteiger partial charge on any atom is -0.480 e. The molecule has 2 saturated heterocycles. The maximum Gasteiger partial charge on any atom is 0.364 e. The van der Waals surface area contributed by atoms with Crippen molar-refractivity contribution in [1.82, 2.24) is 16.0 Å². The largest absolute Gasteiger partial charge is 0.480 e. The fourth-order valence-corrected chi connectivity index (χ4v) is 4.70. The van der Waals surface area contributed by atoms with Crippen molar-refractivity contribution in [2.75, 3.05) is 19.8 Å². The van der Waals surface area contributed by atoms with Crippen molar-refractivity contribution in [1.29, 1.82) is 0 Å². The number of hydrogen-bond acceptors (Lipinski definition) is 15. The Balaban J connectivity index is 2.33. The summed E-state index contributed by atoms with van der Waals surface area (Å²) in [5.74, 6) is -8.30. The highest BCUT2D eigenvalue weighted by atomic mass is 16.7. The van der Waals surface area contributed by atoms with Crippen LogP contribution in [0.2, 0.25) is 0 Å². The average Bonchev–Trinajstić information content (AvgIpc) is 2.93. The Bertz CT molecular complexity index is 1050. The van der Waals surface area contributed by atoms with E-state index in [0.29, 0.717) is 0 Å². The lowest BCUT2D eigenvalue weighted by atomic mass is 9.88. The summed E-state index contributed by atoms with van der Waals surface area (Å²) in [6.07, 6.45) is -15.5. The van der Waals surface area contributed by atoms with E-state index >= 15 is 0 Å². The number of aliphatic carboxylic acids is 2. The Morgan fingerprint density at radius 1 is 0.932 bits per heavy atom. The minimum absolute atomic E-state index is 0.706. The maximum absolute atomic E-state index is 12.4. The van der Waals surface area contributed by atoms with Gasteiger partial charge < -0.3 is 75.8 Å².